The fraction of sp³-hybridized carbons (Fsp3) is 0.115. The number of esters is 1. The molecule has 1 atom stereocenters. The van der Waals surface area contributed by atoms with Crippen molar-refractivity contribution < 1.29 is 23.5 Å². The summed E-state index contributed by atoms with van der Waals surface area (Å²) in [6.07, 6.45) is 1.40. The highest BCUT2D eigenvalue weighted by molar-refractivity contribution is 6.06. The summed E-state index contributed by atoms with van der Waals surface area (Å²) < 4.78 is 18.5. The van der Waals surface area contributed by atoms with Crippen molar-refractivity contribution in [2.45, 2.75) is 19.6 Å². The van der Waals surface area contributed by atoms with Gasteiger partial charge in [0.25, 0.3) is 11.8 Å². The van der Waals surface area contributed by atoms with Crippen LogP contribution in [0.2, 0.25) is 0 Å². The van der Waals surface area contributed by atoms with Gasteiger partial charge in [0.2, 0.25) is 0 Å². The molecule has 0 bridgehead atoms. The summed E-state index contributed by atoms with van der Waals surface area (Å²) in [5.41, 5.74) is 1.56. The van der Waals surface area contributed by atoms with Crippen LogP contribution in [0, 0.1) is 5.82 Å². The van der Waals surface area contributed by atoms with E-state index < -0.39 is 29.6 Å². The molecule has 0 aliphatic heterocycles. The molecule has 0 heterocycles. The fourth-order valence-corrected chi connectivity index (χ4v) is 2.86. The molecule has 0 spiro atoms. The first-order valence-electron chi connectivity index (χ1n) is 10.3. The number of hydrogen-bond acceptors (Lipinski definition) is 4. The predicted molar refractivity (Wildman–Crippen MR) is 122 cm³/mol. The highest BCUT2D eigenvalue weighted by atomic mass is 19.1. The van der Waals surface area contributed by atoms with Crippen molar-refractivity contribution >= 4 is 23.9 Å². The topological polar surface area (TPSA) is 84.5 Å². The van der Waals surface area contributed by atoms with Crippen molar-refractivity contribution in [3.8, 4) is 0 Å². The van der Waals surface area contributed by atoms with Gasteiger partial charge in [0, 0.05) is 5.56 Å². The van der Waals surface area contributed by atoms with E-state index in [0.717, 1.165) is 5.56 Å². The van der Waals surface area contributed by atoms with Crippen molar-refractivity contribution in [1.29, 1.82) is 0 Å². The van der Waals surface area contributed by atoms with Gasteiger partial charge in [0.15, 0.2) is 0 Å². The minimum atomic E-state index is -0.966. The molecule has 0 aliphatic rings. The number of halogens is 1. The Morgan fingerprint density at radius 3 is 2.15 bits per heavy atom. The van der Waals surface area contributed by atoms with Gasteiger partial charge < -0.3 is 15.4 Å². The lowest BCUT2D eigenvalue weighted by molar-refractivity contribution is -0.148. The van der Waals surface area contributed by atoms with Crippen LogP contribution in [-0.2, 0) is 20.9 Å². The summed E-state index contributed by atoms with van der Waals surface area (Å²) in [4.78, 5) is 37.8. The van der Waals surface area contributed by atoms with Crippen LogP contribution in [0.25, 0.3) is 6.08 Å². The number of carbonyl (C=O) groups excluding carboxylic acids is 3. The highest BCUT2D eigenvalue weighted by Crippen LogP contribution is 2.10. The predicted octanol–water partition coefficient (Wildman–Crippen LogP) is 3.84. The molecular formula is C26H23FN2O4. The first-order chi connectivity index (χ1) is 15.9. The quantitative estimate of drug-likeness (QED) is 0.407. The van der Waals surface area contributed by atoms with E-state index in [0.29, 0.717) is 11.1 Å². The van der Waals surface area contributed by atoms with Crippen molar-refractivity contribution in [3.05, 3.63) is 113 Å². The van der Waals surface area contributed by atoms with Gasteiger partial charge in [-0.1, -0.05) is 60.7 Å². The normalized spacial score (nSPS) is 11.9. The molecule has 2 N–H and O–H groups in total. The highest BCUT2D eigenvalue weighted by Gasteiger charge is 2.21. The van der Waals surface area contributed by atoms with E-state index >= 15 is 0 Å². The molecule has 2 amide bonds. The molecule has 6 nitrogen and oxygen atoms in total. The van der Waals surface area contributed by atoms with E-state index in [1.165, 1.54) is 37.3 Å². The summed E-state index contributed by atoms with van der Waals surface area (Å²) in [7, 11) is 0. The molecule has 3 aromatic rings. The average molecular weight is 446 g/mol. The molecule has 7 heteroatoms. The van der Waals surface area contributed by atoms with Gasteiger partial charge in [-0.3, -0.25) is 9.59 Å². The zero-order chi connectivity index (χ0) is 23.6. The minimum Gasteiger partial charge on any atom is -0.459 e. The molecule has 1 unspecified atom stereocenters. The lowest BCUT2D eigenvalue weighted by atomic mass is 10.1. The molecule has 33 heavy (non-hydrogen) atoms. The first-order valence-corrected chi connectivity index (χ1v) is 10.3. The third-order valence-electron chi connectivity index (χ3n) is 4.63. The van der Waals surface area contributed by atoms with Crippen molar-refractivity contribution in [2.75, 3.05) is 0 Å². The number of benzene rings is 3. The van der Waals surface area contributed by atoms with Gasteiger partial charge >= 0.3 is 5.97 Å². The maximum absolute atomic E-state index is 13.2. The Kier molecular flexibility index (Phi) is 8.07. The second-order valence-electron chi connectivity index (χ2n) is 7.22. The van der Waals surface area contributed by atoms with E-state index in [9.17, 15) is 18.8 Å². The second kappa shape index (κ2) is 11.4. The van der Waals surface area contributed by atoms with E-state index in [-0.39, 0.29) is 12.3 Å². The number of carbonyl (C=O) groups is 3. The van der Waals surface area contributed by atoms with Gasteiger partial charge in [-0.25, -0.2) is 9.18 Å². The van der Waals surface area contributed by atoms with Crippen LogP contribution in [0.4, 0.5) is 4.39 Å². The van der Waals surface area contributed by atoms with Crippen LogP contribution >= 0.6 is 0 Å². The van der Waals surface area contributed by atoms with Crippen LogP contribution in [-0.4, -0.2) is 23.8 Å². The Morgan fingerprint density at radius 2 is 1.52 bits per heavy atom. The SMILES string of the molecule is CC(NC(=O)/C(=C\c1ccc(F)cc1)NC(=O)c1ccccc1)C(=O)OCc1ccccc1. The van der Waals surface area contributed by atoms with E-state index in [2.05, 4.69) is 10.6 Å². The largest absolute Gasteiger partial charge is 0.459 e. The zero-order valence-corrected chi connectivity index (χ0v) is 18.0. The first kappa shape index (κ1) is 23.4. The van der Waals surface area contributed by atoms with E-state index in [1.54, 1.807) is 30.3 Å². The fourth-order valence-electron chi connectivity index (χ4n) is 2.86. The zero-order valence-electron chi connectivity index (χ0n) is 18.0. The van der Waals surface area contributed by atoms with Crippen molar-refractivity contribution in [3.63, 3.8) is 0 Å². The van der Waals surface area contributed by atoms with Crippen molar-refractivity contribution in [2.24, 2.45) is 0 Å². The Morgan fingerprint density at radius 1 is 0.909 bits per heavy atom. The molecule has 0 saturated heterocycles. The lowest BCUT2D eigenvalue weighted by Crippen LogP contribution is -2.43. The number of ether oxygens (including phenoxy) is 1. The van der Waals surface area contributed by atoms with E-state index in [4.69, 9.17) is 4.74 Å². The Bertz CT molecular complexity index is 1130. The van der Waals surface area contributed by atoms with Crippen LogP contribution < -0.4 is 10.6 Å². The Hall–Kier alpha value is -4.26. The molecule has 168 valence electrons. The monoisotopic (exact) mass is 446 g/mol. The maximum atomic E-state index is 13.2. The number of hydrogen-bond donors (Lipinski definition) is 2. The summed E-state index contributed by atoms with van der Waals surface area (Å²) in [5.74, 6) is -2.24. The second-order valence-corrected chi connectivity index (χ2v) is 7.22. The molecule has 0 aromatic heterocycles. The average Bonchev–Trinajstić information content (AvgIpc) is 2.84. The third-order valence-corrected chi connectivity index (χ3v) is 4.63. The van der Waals surface area contributed by atoms with Gasteiger partial charge in [-0.05, 0) is 48.4 Å². The van der Waals surface area contributed by atoms with Crippen LogP contribution in [0.15, 0.2) is 90.6 Å². The van der Waals surface area contributed by atoms with Crippen LogP contribution in [0.5, 0.6) is 0 Å². The summed E-state index contributed by atoms with van der Waals surface area (Å²) >= 11 is 0. The van der Waals surface area contributed by atoms with Gasteiger partial charge in [-0.15, -0.1) is 0 Å². The third kappa shape index (κ3) is 7.14. The number of rotatable bonds is 8. The molecule has 0 saturated carbocycles. The van der Waals surface area contributed by atoms with Gasteiger partial charge in [-0.2, -0.15) is 0 Å². The number of nitrogens with one attached hydrogen (secondary N) is 2. The molecule has 3 aromatic carbocycles. The Balaban J connectivity index is 1.71. The molecular weight excluding hydrogens is 423 g/mol. The van der Waals surface area contributed by atoms with Crippen molar-refractivity contribution in [1.82, 2.24) is 10.6 Å². The van der Waals surface area contributed by atoms with Crippen LogP contribution in [0.1, 0.15) is 28.4 Å². The maximum Gasteiger partial charge on any atom is 0.328 e. The lowest BCUT2D eigenvalue weighted by Gasteiger charge is -2.16. The minimum absolute atomic E-state index is 0.0723. The molecule has 0 aliphatic carbocycles. The summed E-state index contributed by atoms with van der Waals surface area (Å²) in [5, 5.41) is 5.10. The number of amides is 2. The standard InChI is InChI=1S/C26H23FN2O4/c1-18(26(32)33-17-20-8-4-2-5-9-20)28-25(31)23(16-19-12-14-22(27)15-13-19)29-24(30)21-10-6-3-7-11-21/h2-16,18H,17H2,1H3,(H,28,31)(H,29,30)/b23-16+. The van der Waals surface area contributed by atoms with Gasteiger partial charge in [0.05, 0.1) is 0 Å². The molecule has 3 rings (SSSR count). The van der Waals surface area contributed by atoms with Crippen LogP contribution in [0.3, 0.4) is 0 Å². The molecule has 0 fully saturated rings. The van der Waals surface area contributed by atoms with Gasteiger partial charge in [0.1, 0.15) is 24.2 Å². The van der Waals surface area contributed by atoms with E-state index in [1.807, 2.05) is 30.3 Å². The summed E-state index contributed by atoms with van der Waals surface area (Å²) in [6, 6.07) is 22.0. The smallest absolute Gasteiger partial charge is 0.328 e. The summed E-state index contributed by atoms with van der Waals surface area (Å²) in [6.45, 7) is 1.56. The Labute approximate surface area is 191 Å². The molecule has 0 radical (unpaired) electrons.